The number of ether oxygens (including phenoxy) is 2. The molecule has 1 aliphatic rings. The largest absolute Gasteiger partial charge is 0.445 e. The highest BCUT2D eigenvalue weighted by molar-refractivity contribution is 6.74. The highest BCUT2D eigenvalue weighted by atomic mass is 28.4. The number of carbonyl (C=O) groups excluding carboxylic acids is 2. The summed E-state index contributed by atoms with van der Waals surface area (Å²) in [5.74, 6) is 0. The third kappa shape index (κ3) is 8.31. The van der Waals surface area contributed by atoms with Gasteiger partial charge >= 0.3 is 12.2 Å². The Bertz CT molecular complexity index is 832. The van der Waals surface area contributed by atoms with E-state index in [9.17, 15) is 9.59 Å². The molecule has 192 valence electrons. The lowest BCUT2D eigenvalue weighted by molar-refractivity contribution is 0.00773. The molecule has 0 aromatic heterocycles. The van der Waals surface area contributed by atoms with Crippen LogP contribution in [0.1, 0.15) is 73.3 Å². The summed E-state index contributed by atoms with van der Waals surface area (Å²) in [5.41, 5.74) is -0.254. The Morgan fingerprint density at radius 3 is 2.24 bits per heavy atom. The molecular formula is C26H44N2O5Si. The van der Waals surface area contributed by atoms with Gasteiger partial charge in [0.05, 0.1) is 11.6 Å². The molecule has 0 unspecified atom stereocenters. The smallest absolute Gasteiger partial charge is 0.408 e. The van der Waals surface area contributed by atoms with Gasteiger partial charge in [-0.25, -0.2) is 9.59 Å². The van der Waals surface area contributed by atoms with E-state index < -0.39 is 31.6 Å². The van der Waals surface area contributed by atoms with E-state index in [4.69, 9.17) is 13.9 Å². The van der Waals surface area contributed by atoms with Gasteiger partial charge in [-0.3, -0.25) is 0 Å². The maximum absolute atomic E-state index is 12.7. The number of alkyl carbamates (subject to hydrolysis) is 2. The Morgan fingerprint density at radius 2 is 1.68 bits per heavy atom. The average Bonchev–Trinajstić information content (AvgIpc) is 2.67. The molecule has 0 bridgehead atoms. The summed E-state index contributed by atoms with van der Waals surface area (Å²) < 4.78 is 17.8. The SMILES string of the molecule is CC(C)(C)OC(=O)N[C@]1(C)CC[C@H](NC(=O)OCc2ccccc2)C[C@H]1O[Si](C)(C)C(C)(C)C. The van der Waals surface area contributed by atoms with Crippen LogP contribution in [-0.4, -0.2) is 43.8 Å². The molecule has 0 aliphatic heterocycles. The van der Waals surface area contributed by atoms with E-state index in [2.05, 4.69) is 44.5 Å². The summed E-state index contributed by atoms with van der Waals surface area (Å²) in [6.45, 7) is 18.8. The average molecular weight is 493 g/mol. The Hall–Kier alpha value is -2.06. The van der Waals surface area contributed by atoms with Gasteiger partial charge in [-0.2, -0.15) is 0 Å². The molecule has 1 saturated carbocycles. The van der Waals surface area contributed by atoms with E-state index >= 15 is 0 Å². The van der Waals surface area contributed by atoms with Crippen molar-refractivity contribution >= 4 is 20.5 Å². The first-order valence-corrected chi connectivity index (χ1v) is 15.1. The molecule has 0 spiro atoms. The predicted molar refractivity (Wildman–Crippen MR) is 137 cm³/mol. The van der Waals surface area contributed by atoms with Gasteiger partial charge in [-0.1, -0.05) is 51.1 Å². The van der Waals surface area contributed by atoms with Crippen LogP contribution in [0.4, 0.5) is 9.59 Å². The molecular weight excluding hydrogens is 448 g/mol. The van der Waals surface area contributed by atoms with Crippen LogP contribution in [0, 0.1) is 0 Å². The van der Waals surface area contributed by atoms with Crippen molar-refractivity contribution in [1.29, 1.82) is 0 Å². The van der Waals surface area contributed by atoms with Crippen molar-refractivity contribution < 1.29 is 23.5 Å². The zero-order chi connectivity index (χ0) is 25.8. The van der Waals surface area contributed by atoms with E-state index in [1.165, 1.54) is 0 Å². The zero-order valence-corrected chi connectivity index (χ0v) is 23.4. The van der Waals surface area contributed by atoms with Crippen molar-refractivity contribution in [3.8, 4) is 0 Å². The van der Waals surface area contributed by atoms with Crippen LogP contribution >= 0.6 is 0 Å². The Labute approximate surface area is 206 Å². The number of nitrogens with one attached hydrogen (secondary N) is 2. The van der Waals surface area contributed by atoms with Gasteiger partial charge in [-0.05, 0) is 70.7 Å². The van der Waals surface area contributed by atoms with Crippen molar-refractivity contribution in [1.82, 2.24) is 10.6 Å². The summed E-state index contributed by atoms with van der Waals surface area (Å²) in [6, 6.07) is 9.50. The van der Waals surface area contributed by atoms with Crippen molar-refractivity contribution in [3.05, 3.63) is 35.9 Å². The van der Waals surface area contributed by atoms with Crippen LogP contribution in [0.25, 0.3) is 0 Å². The monoisotopic (exact) mass is 492 g/mol. The number of carbonyl (C=O) groups is 2. The summed E-state index contributed by atoms with van der Waals surface area (Å²) in [7, 11) is -2.14. The molecule has 1 aromatic rings. The number of benzene rings is 1. The van der Waals surface area contributed by atoms with E-state index in [-0.39, 0.29) is 23.8 Å². The first kappa shape index (κ1) is 28.2. The van der Waals surface area contributed by atoms with Gasteiger partial charge in [0.2, 0.25) is 0 Å². The van der Waals surface area contributed by atoms with Gasteiger partial charge in [0, 0.05) is 6.04 Å². The minimum atomic E-state index is -2.14. The quantitative estimate of drug-likeness (QED) is 0.466. The molecule has 0 radical (unpaired) electrons. The third-order valence-electron chi connectivity index (χ3n) is 6.79. The summed E-state index contributed by atoms with van der Waals surface area (Å²) in [4.78, 5) is 25.1. The normalized spacial score (nSPS) is 23.7. The Morgan fingerprint density at radius 1 is 1.06 bits per heavy atom. The van der Waals surface area contributed by atoms with Crippen molar-refractivity contribution in [3.63, 3.8) is 0 Å². The third-order valence-corrected chi connectivity index (χ3v) is 11.3. The summed E-state index contributed by atoms with van der Waals surface area (Å²) in [5, 5.41) is 6.10. The van der Waals surface area contributed by atoms with Gasteiger partial charge in [0.1, 0.15) is 12.2 Å². The highest BCUT2D eigenvalue weighted by Crippen LogP contribution is 2.41. The summed E-state index contributed by atoms with van der Waals surface area (Å²) >= 11 is 0. The number of hydrogen-bond donors (Lipinski definition) is 2. The first-order valence-electron chi connectivity index (χ1n) is 12.2. The highest BCUT2D eigenvalue weighted by Gasteiger charge is 2.48. The second kappa shape index (κ2) is 10.7. The predicted octanol–water partition coefficient (Wildman–Crippen LogP) is 6.14. The second-order valence-corrected chi connectivity index (χ2v) is 16.8. The number of rotatable bonds is 6. The number of hydrogen-bond acceptors (Lipinski definition) is 5. The molecule has 1 fully saturated rings. The van der Waals surface area contributed by atoms with E-state index in [1.807, 2.05) is 58.0 Å². The molecule has 3 atom stereocenters. The Kier molecular flexibility index (Phi) is 8.86. The molecule has 1 aromatic carbocycles. The molecule has 2 rings (SSSR count). The summed E-state index contributed by atoms with van der Waals surface area (Å²) in [6.07, 6.45) is 0.767. The van der Waals surface area contributed by atoms with Gasteiger partial charge in [0.15, 0.2) is 8.32 Å². The zero-order valence-electron chi connectivity index (χ0n) is 22.4. The van der Waals surface area contributed by atoms with Crippen LogP contribution in [0.3, 0.4) is 0 Å². The Balaban J connectivity index is 2.10. The van der Waals surface area contributed by atoms with Gasteiger partial charge in [-0.15, -0.1) is 0 Å². The second-order valence-electron chi connectivity index (χ2n) is 12.1. The van der Waals surface area contributed by atoms with Crippen molar-refractivity contribution in [2.24, 2.45) is 0 Å². The van der Waals surface area contributed by atoms with Crippen LogP contribution in [-0.2, 0) is 20.5 Å². The molecule has 7 nitrogen and oxygen atoms in total. The fourth-order valence-electron chi connectivity index (χ4n) is 3.72. The molecule has 0 saturated heterocycles. The lowest BCUT2D eigenvalue weighted by atomic mass is 9.78. The first-order chi connectivity index (χ1) is 15.5. The van der Waals surface area contributed by atoms with Crippen LogP contribution < -0.4 is 10.6 Å². The molecule has 0 heterocycles. The fourth-order valence-corrected chi connectivity index (χ4v) is 5.15. The molecule has 2 amide bonds. The maximum Gasteiger partial charge on any atom is 0.408 e. The van der Waals surface area contributed by atoms with E-state index in [1.54, 1.807) is 0 Å². The maximum atomic E-state index is 12.7. The van der Waals surface area contributed by atoms with Crippen molar-refractivity contribution in [2.45, 2.75) is 116 Å². The standard InChI is InChI=1S/C26H44N2O5Si/c1-24(2,3)32-23(30)28-26(7)16-15-20(17-21(26)33-34(8,9)25(4,5)6)27-22(29)31-18-19-13-11-10-12-14-19/h10-14,20-21H,15-18H2,1-9H3,(H,27,29)(H,28,30)/t20-,21+,26+/m0/s1. The van der Waals surface area contributed by atoms with Crippen LogP contribution in [0.15, 0.2) is 30.3 Å². The fraction of sp³-hybridized carbons (Fsp3) is 0.692. The van der Waals surface area contributed by atoms with Gasteiger partial charge < -0.3 is 24.5 Å². The van der Waals surface area contributed by atoms with E-state index in [0.29, 0.717) is 19.3 Å². The molecule has 34 heavy (non-hydrogen) atoms. The molecule has 2 N–H and O–H groups in total. The topological polar surface area (TPSA) is 85.9 Å². The minimum Gasteiger partial charge on any atom is -0.445 e. The van der Waals surface area contributed by atoms with Crippen molar-refractivity contribution in [2.75, 3.05) is 0 Å². The molecule has 8 heteroatoms. The lowest BCUT2D eigenvalue weighted by Gasteiger charge is -2.49. The van der Waals surface area contributed by atoms with E-state index in [0.717, 1.165) is 5.56 Å². The number of amides is 2. The van der Waals surface area contributed by atoms with Crippen LogP contribution in [0.2, 0.25) is 18.1 Å². The van der Waals surface area contributed by atoms with Gasteiger partial charge in [0.25, 0.3) is 0 Å². The minimum absolute atomic E-state index is 0.00875. The molecule has 1 aliphatic carbocycles. The lowest BCUT2D eigenvalue weighted by Crippen LogP contribution is -2.63. The van der Waals surface area contributed by atoms with Crippen LogP contribution in [0.5, 0.6) is 0 Å².